The third kappa shape index (κ3) is 3.77. The van der Waals surface area contributed by atoms with E-state index in [9.17, 15) is 9.59 Å². The molecule has 0 aliphatic carbocycles. The van der Waals surface area contributed by atoms with Crippen molar-refractivity contribution >= 4 is 17.5 Å². The van der Waals surface area contributed by atoms with Gasteiger partial charge in [0.1, 0.15) is 5.54 Å². The minimum absolute atomic E-state index is 0.0501. The minimum atomic E-state index is -0.672. The van der Waals surface area contributed by atoms with Gasteiger partial charge in [-0.15, -0.1) is 0 Å². The second-order valence-electron chi connectivity index (χ2n) is 6.85. The van der Waals surface area contributed by atoms with E-state index in [1.807, 2.05) is 36.5 Å². The van der Waals surface area contributed by atoms with Gasteiger partial charge in [0.25, 0.3) is 5.91 Å². The van der Waals surface area contributed by atoms with Gasteiger partial charge in [0.05, 0.1) is 6.42 Å². The molecule has 2 N–H and O–H groups in total. The van der Waals surface area contributed by atoms with Crippen LogP contribution in [0.4, 0.5) is 5.69 Å². The molecule has 1 aromatic heterocycles. The number of benzene rings is 1. The fourth-order valence-corrected chi connectivity index (χ4v) is 3.21. The van der Waals surface area contributed by atoms with E-state index in [-0.39, 0.29) is 11.8 Å². The quantitative estimate of drug-likeness (QED) is 0.846. The van der Waals surface area contributed by atoms with Crippen LogP contribution in [0.2, 0.25) is 0 Å². The first kappa shape index (κ1) is 18.1. The van der Waals surface area contributed by atoms with Crippen molar-refractivity contribution in [2.45, 2.75) is 24.8 Å². The van der Waals surface area contributed by atoms with Gasteiger partial charge in [0.2, 0.25) is 5.91 Å². The molecule has 1 aliphatic heterocycles. The van der Waals surface area contributed by atoms with Crippen LogP contribution in [0.25, 0.3) is 0 Å². The molecule has 0 unspecified atom stereocenters. The van der Waals surface area contributed by atoms with Gasteiger partial charge in [-0.3, -0.25) is 14.3 Å². The predicted octanol–water partition coefficient (Wildman–Crippen LogP) is 1.23. The molecule has 2 amide bonds. The Kier molecular flexibility index (Phi) is 5.37. The lowest BCUT2D eigenvalue weighted by Gasteiger charge is -2.36. The van der Waals surface area contributed by atoms with Crippen molar-refractivity contribution in [2.24, 2.45) is 0 Å². The highest BCUT2D eigenvalue weighted by atomic mass is 16.2. The average Bonchev–Trinajstić information content (AvgIpc) is 3.19. The number of likely N-dealkylation sites (N-methyl/N-ethyl adjacent to an activating group) is 1. The van der Waals surface area contributed by atoms with Crippen LogP contribution in [0.5, 0.6) is 0 Å². The van der Waals surface area contributed by atoms with Crippen molar-refractivity contribution in [3.8, 4) is 0 Å². The van der Waals surface area contributed by atoms with Gasteiger partial charge in [-0.1, -0.05) is 12.1 Å². The summed E-state index contributed by atoms with van der Waals surface area (Å²) in [6, 6.07) is 9.27. The van der Waals surface area contributed by atoms with E-state index in [1.165, 1.54) is 0 Å². The number of carbonyl (C=O) groups excluding carboxylic acids is 2. The normalized spacial score (nSPS) is 16.1. The third-order valence-electron chi connectivity index (χ3n) is 4.86. The molecule has 2 heterocycles. The van der Waals surface area contributed by atoms with E-state index in [1.54, 1.807) is 29.9 Å². The zero-order chi connectivity index (χ0) is 18.6. The summed E-state index contributed by atoms with van der Waals surface area (Å²) in [5, 5.41) is 10.6. The molecule has 1 aromatic carbocycles. The molecular formula is C19H25N5O2. The summed E-state index contributed by atoms with van der Waals surface area (Å²) in [6.45, 7) is 1.55. The maximum Gasteiger partial charge on any atom is 0.252 e. The van der Waals surface area contributed by atoms with Crippen LogP contribution in [0, 0.1) is 0 Å². The minimum Gasteiger partial charge on any atom is -0.349 e. The first-order chi connectivity index (χ1) is 12.5. The predicted molar refractivity (Wildman–Crippen MR) is 99.8 cm³/mol. The molecule has 1 fully saturated rings. The first-order valence-electron chi connectivity index (χ1n) is 8.83. The van der Waals surface area contributed by atoms with Crippen molar-refractivity contribution in [1.82, 2.24) is 20.0 Å². The van der Waals surface area contributed by atoms with Crippen molar-refractivity contribution in [3.63, 3.8) is 0 Å². The Bertz CT molecular complexity index is 747. The summed E-state index contributed by atoms with van der Waals surface area (Å²) < 4.78 is 1.77. The van der Waals surface area contributed by atoms with E-state index in [4.69, 9.17) is 0 Å². The summed E-state index contributed by atoms with van der Waals surface area (Å²) in [4.78, 5) is 26.4. The standard InChI is InChI=1S/C19H25N5O2/c1-23(2)17(25)14-15-4-6-16(7-5-15)22-18(26)19(8-11-20-12-9-19)24-13-3-10-21-24/h3-7,10,13,20H,8-9,11-12,14H2,1-2H3,(H,22,26). The summed E-state index contributed by atoms with van der Waals surface area (Å²) >= 11 is 0. The van der Waals surface area contributed by atoms with Gasteiger partial charge in [-0.25, -0.2) is 0 Å². The van der Waals surface area contributed by atoms with E-state index >= 15 is 0 Å². The number of rotatable bonds is 5. The van der Waals surface area contributed by atoms with Gasteiger partial charge in [-0.2, -0.15) is 5.10 Å². The number of hydrogen-bond acceptors (Lipinski definition) is 4. The maximum absolute atomic E-state index is 13.1. The van der Waals surface area contributed by atoms with E-state index in [0.29, 0.717) is 19.3 Å². The molecule has 2 aromatic rings. The Balaban J connectivity index is 1.73. The number of nitrogens with one attached hydrogen (secondary N) is 2. The van der Waals surface area contributed by atoms with Crippen molar-refractivity contribution in [2.75, 3.05) is 32.5 Å². The van der Waals surface area contributed by atoms with Gasteiger partial charge < -0.3 is 15.5 Å². The van der Waals surface area contributed by atoms with Gasteiger partial charge >= 0.3 is 0 Å². The molecule has 1 aliphatic rings. The Morgan fingerprint density at radius 3 is 2.50 bits per heavy atom. The largest absolute Gasteiger partial charge is 0.349 e. The molecule has 0 saturated carbocycles. The van der Waals surface area contributed by atoms with Crippen LogP contribution in [0.1, 0.15) is 18.4 Å². The third-order valence-corrected chi connectivity index (χ3v) is 4.86. The molecule has 0 radical (unpaired) electrons. The number of hydrogen-bond donors (Lipinski definition) is 2. The zero-order valence-corrected chi connectivity index (χ0v) is 15.2. The second kappa shape index (κ2) is 7.70. The molecule has 1 saturated heterocycles. The van der Waals surface area contributed by atoms with Crippen LogP contribution in [0.3, 0.4) is 0 Å². The summed E-state index contributed by atoms with van der Waals surface area (Å²) in [5.41, 5.74) is 0.973. The average molecular weight is 355 g/mol. The van der Waals surface area contributed by atoms with Crippen LogP contribution in [-0.2, 0) is 21.5 Å². The molecule has 0 spiro atoms. The molecule has 26 heavy (non-hydrogen) atoms. The SMILES string of the molecule is CN(C)C(=O)Cc1ccc(NC(=O)C2(n3cccn3)CCNCC2)cc1. The number of amides is 2. The molecule has 138 valence electrons. The fraction of sp³-hybridized carbons (Fsp3) is 0.421. The van der Waals surface area contributed by atoms with Crippen molar-refractivity contribution in [1.29, 1.82) is 0 Å². The van der Waals surface area contributed by atoms with Crippen molar-refractivity contribution < 1.29 is 9.59 Å². The van der Waals surface area contributed by atoms with Crippen LogP contribution in [-0.4, -0.2) is 53.7 Å². The summed E-state index contributed by atoms with van der Waals surface area (Å²) in [5.74, 6) is -0.00561. The van der Waals surface area contributed by atoms with Crippen LogP contribution in [0.15, 0.2) is 42.7 Å². The number of aromatic nitrogens is 2. The second-order valence-corrected chi connectivity index (χ2v) is 6.85. The van der Waals surface area contributed by atoms with Crippen LogP contribution >= 0.6 is 0 Å². The van der Waals surface area contributed by atoms with Crippen LogP contribution < -0.4 is 10.6 Å². The zero-order valence-electron chi connectivity index (χ0n) is 15.2. The van der Waals surface area contributed by atoms with Gasteiger partial charge in [-0.05, 0) is 49.7 Å². The smallest absolute Gasteiger partial charge is 0.252 e. The molecular weight excluding hydrogens is 330 g/mol. The van der Waals surface area contributed by atoms with E-state index < -0.39 is 5.54 Å². The summed E-state index contributed by atoms with van der Waals surface area (Å²) in [7, 11) is 3.48. The Hall–Kier alpha value is -2.67. The maximum atomic E-state index is 13.1. The van der Waals surface area contributed by atoms with E-state index in [0.717, 1.165) is 24.3 Å². The summed E-state index contributed by atoms with van der Waals surface area (Å²) in [6.07, 6.45) is 5.28. The number of piperidine rings is 1. The molecule has 7 nitrogen and oxygen atoms in total. The highest BCUT2D eigenvalue weighted by Gasteiger charge is 2.42. The lowest BCUT2D eigenvalue weighted by atomic mass is 9.87. The molecule has 7 heteroatoms. The molecule has 0 atom stereocenters. The highest BCUT2D eigenvalue weighted by molar-refractivity contribution is 5.96. The van der Waals surface area contributed by atoms with Gasteiger partial charge in [0, 0.05) is 32.2 Å². The molecule has 0 bridgehead atoms. The monoisotopic (exact) mass is 355 g/mol. The number of anilines is 1. The van der Waals surface area contributed by atoms with Gasteiger partial charge in [0.15, 0.2) is 0 Å². The lowest BCUT2D eigenvalue weighted by molar-refractivity contribution is -0.128. The fourth-order valence-electron chi connectivity index (χ4n) is 3.21. The highest BCUT2D eigenvalue weighted by Crippen LogP contribution is 2.28. The Morgan fingerprint density at radius 1 is 1.23 bits per heavy atom. The Labute approximate surface area is 153 Å². The van der Waals surface area contributed by atoms with Crippen molar-refractivity contribution in [3.05, 3.63) is 48.3 Å². The lowest BCUT2D eigenvalue weighted by Crippen LogP contribution is -2.52. The number of carbonyl (C=O) groups is 2. The number of nitrogens with zero attached hydrogens (tertiary/aromatic N) is 3. The molecule has 3 rings (SSSR count). The topological polar surface area (TPSA) is 79.3 Å². The Morgan fingerprint density at radius 2 is 1.92 bits per heavy atom. The van der Waals surface area contributed by atoms with E-state index in [2.05, 4.69) is 15.7 Å². The first-order valence-corrected chi connectivity index (χ1v) is 8.83.